The van der Waals surface area contributed by atoms with Gasteiger partial charge in [-0.2, -0.15) is 4.91 Å². The Morgan fingerprint density at radius 1 is 0.824 bits per heavy atom. The number of nitroso groups, excluding NO2 is 1. The highest BCUT2D eigenvalue weighted by Crippen LogP contribution is 2.13. The van der Waals surface area contributed by atoms with E-state index in [9.17, 15) is 4.91 Å². The average molecular weight is 241 g/mol. The summed E-state index contributed by atoms with van der Waals surface area (Å²) in [6.07, 6.45) is 15.0. The molecule has 0 bridgehead atoms. The minimum Gasteiger partial charge on any atom is -0.151 e. The number of unbranched alkanes of at least 4 members (excludes halogenated alkanes) is 9. The van der Waals surface area contributed by atoms with Crippen molar-refractivity contribution >= 4 is 0 Å². The Bertz CT molecular complexity index is 159. The van der Waals surface area contributed by atoms with Gasteiger partial charge in [-0.1, -0.05) is 83.2 Å². The summed E-state index contributed by atoms with van der Waals surface area (Å²) in [5, 5.41) is 2.95. The van der Waals surface area contributed by atoms with Gasteiger partial charge >= 0.3 is 0 Å². The van der Waals surface area contributed by atoms with Crippen LogP contribution in [0.1, 0.15) is 84.5 Å². The molecule has 0 rings (SSSR count). The first-order valence-corrected chi connectivity index (χ1v) is 7.60. The topological polar surface area (TPSA) is 29.4 Å². The van der Waals surface area contributed by atoms with Crippen molar-refractivity contribution in [2.45, 2.75) is 84.5 Å². The van der Waals surface area contributed by atoms with Gasteiger partial charge in [0.2, 0.25) is 0 Å². The second-order valence-corrected chi connectivity index (χ2v) is 5.39. The third-order valence-corrected chi connectivity index (χ3v) is 3.44. The predicted octanol–water partition coefficient (Wildman–Crippen LogP) is 5.70. The van der Waals surface area contributed by atoms with E-state index < -0.39 is 0 Å². The van der Waals surface area contributed by atoms with Crippen LogP contribution in [0.2, 0.25) is 0 Å². The minimum absolute atomic E-state index is 0.488. The number of rotatable bonds is 13. The molecule has 0 saturated carbocycles. The summed E-state index contributed by atoms with van der Waals surface area (Å²) in [5.41, 5.74) is 0. The van der Waals surface area contributed by atoms with Crippen molar-refractivity contribution in [3.8, 4) is 0 Å². The zero-order chi connectivity index (χ0) is 12.8. The summed E-state index contributed by atoms with van der Waals surface area (Å²) in [5.74, 6) is 0.488. The molecule has 0 aromatic heterocycles. The third-order valence-electron chi connectivity index (χ3n) is 3.44. The van der Waals surface area contributed by atoms with Crippen molar-refractivity contribution in [3.05, 3.63) is 4.91 Å². The van der Waals surface area contributed by atoms with E-state index in [0.29, 0.717) is 12.5 Å². The molecular formula is C15H31NO. The average Bonchev–Trinajstić information content (AvgIpc) is 2.32. The molecule has 0 aromatic carbocycles. The van der Waals surface area contributed by atoms with Crippen LogP contribution in [-0.2, 0) is 0 Å². The third kappa shape index (κ3) is 13.5. The highest BCUT2D eigenvalue weighted by molar-refractivity contribution is 4.56. The smallest absolute Gasteiger partial charge is 0.0836 e. The first kappa shape index (κ1) is 16.6. The van der Waals surface area contributed by atoms with Crippen LogP contribution in [0.25, 0.3) is 0 Å². The van der Waals surface area contributed by atoms with E-state index in [0.717, 1.165) is 0 Å². The molecule has 2 nitrogen and oxygen atoms in total. The Morgan fingerprint density at radius 2 is 1.29 bits per heavy atom. The van der Waals surface area contributed by atoms with Crippen LogP contribution in [0.15, 0.2) is 5.18 Å². The zero-order valence-corrected chi connectivity index (χ0v) is 11.9. The largest absolute Gasteiger partial charge is 0.151 e. The van der Waals surface area contributed by atoms with E-state index in [4.69, 9.17) is 0 Å². The molecule has 0 aromatic rings. The Kier molecular flexibility index (Phi) is 13.3. The Labute approximate surface area is 108 Å². The zero-order valence-electron chi connectivity index (χ0n) is 11.9. The van der Waals surface area contributed by atoms with E-state index in [-0.39, 0.29) is 0 Å². The maximum absolute atomic E-state index is 10.0. The molecule has 0 fully saturated rings. The van der Waals surface area contributed by atoms with Gasteiger partial charge in [0.1, 0.15) is 0 Å². The van der Waals surface area contributed by atoms with Crippen LogP contribution in [0.5, 0.6) is 0 Å². The van der Waals surface area contributed by atoms with Crippen molar-refractivity contribution in [2.75, 3.05) is 6.54 Å². The van der Waals surface area contributed by atoms with Crippen LogP contribution in [-0.4, -0.2) is 6.54 Å². The Hall–Kier alpha value is -0.400. The number of nitrogens with zero attached hydrogens (tertiary/aromatic N) is 1. The van der Waals surface area contributed by atoms with Crippen LogP contribution >= 0.6 is 0 Å². The molecule has 0 aliphatic rings. The fourth-order valence-electron chi connectivity index (χ4n) is 2.20. The molecule has 0 heterocycles. The van der Waals surface area contributed by atoms with Crippen LogP contribution in [0.4, 0.5) is 0 Å². The Morgan fingerprint density at radius 3 is 1.76 bits per heavy atom. The first-order valence-electron chi connectivity index (χ1n) is 7.60. The van der Waals surface area contributed by atoms with Crippen LogP contribution in [0.3, 0.4) is 0 Å². The Balaban J connectivity index is 3.00. The van der Waals surface area contributed by atoms with E-state index in [2.05, 4.69) is 19.0 Å². The van der Waals surface area contributed by atoms with Gasteiger partial charge in [0, 0.05) is 0 Å². The lowest BCUT2D eigenvalue weighted by molar-refractivity contribution is 0.486. The molecule has 0 aliphatic heterocycles. The van der Waals surface area contributed by atoms with Crippen molar-refractivity contribution in [1.29, 1.82) is 0 Å². The van der Waals surface area contributed by atoms with Crippen molar-refractivity contribution in [2.24, 2.45) is 11.1 Å². The van der Waals surface area contributed by atoms with Crippen molar-refractivity contribution in [1.82, 2.24) is 0 Å². The van der Waals surface area contributed by atoms with Gasteiger partial charge in [-0.25, -0.2) is 0 Å². The summed E-state index contributed by atoms with van der Waals surface area (Å²) in [7, 11) is 0. The van der Waals surface area contributed by atoms with Crippen molar-refractivity contribution in [3.63, 3.8) is 0 Å². The molecule has 0 spiro atoms. The van der Waals surface area contributed by atoms with E-state index in [1.165, 1.54) is 70.6 Å². The maximum Gasteiger partial charge on any atom is 0.0836 e. The van der Waals surface area contributed by atoms with Gasteiger partial charge in [-0.05, 0) is 12.3 Å². The lowest BCUT2D eigenvalue weighted by atomic mass is 10.0. The summed E-state index contributed by atoms with van der Waals surface area (Å²) < 4.78 is 0. The van der Waals surface area contributed by atoms with Crippen LogP contribution in [0, 0.1) is 10.8 Å². The maximum atomic E-state index is 10.0. The molecule has 0 saturated heterocycles. The molecule has 17 heavy (non-hydrogen) atoms. The molecule has 0 N–H and O–H groups in total. The highest BCUT2D eigenvalue weighted by Gasteiger charge is 2.01. The monoisotopic (exact) mass is 241 g/mol. The number of hydrogen-bond donors (Lipinski definition) is 0. The summed E-state index contributed by atoms with van der Waals surface area (Å²) in [4.78, 5) is 10.0. The normalized spacial score (nSPS) is 12.6. The van der Waals surface area contributed by atoms with E-state index in [1.807, 2.05) is 0 Å². The molecule has 0 amide bonds. The van der Waals surface area contributed by atoms with E-state index >= 15 is 0 Å². The lowest BCUT2D eigenvalue weighted by Crippen LogP contribution is -1.98. The second kappa shape index (κ2) is 13.7. The summed E-state index contributed by atoms with van der Waals surface area (Å²) >= 11 is 0. The van der Waals surface area contributed by atoms with Gasteiger partial charge < -0.3 is 0 Å². The molecule has 0 radical (unpaired) electrons. The molecule has 102 valence electrons. The standard InChI is InChI=1S/C15H31NO/c1-3-4-5-6-7-8-9-10-11-12-13-15(2)14-16-17/h15H,3-14H2,1-2H3. The molecule has 2 heteroatoms. The van der Waals surface area contributed by atoms with Crippen molar-refractivity contribution < 1.29 is 0 Å². The summed E-state index contributed by atoms with van der Waals surface area (Å²) in [6.45, 7) is 4.88. The van der Waals surface area contributed by atoms with Gasteiger partial charge in [-0.3, -0.25) is 0 Å². The molecule has 1 atom stereocenters. The number of hydrogen-bond acceptors (Lipinski definition) is 2. The fraction of sp³-hybridized carbons (Fsp3) is 1.00. The van der Waals surface area contributed by atoms with E-state index in [1.54, 1.807) is 0 Å². The second-order valence-electron chi connectivity index (χ2n) is 5.39. The van der Waals surface area contributed by atoms with Gasteiger partial charge in [0.05, 0.1) is 6.54 Å². The quantitative estimate of drug-likeness (QED) is 0.300. The molecule has 0 aliphatic carbocycles. The minimum atomic E-state index is 0.488. The molecule has 1 unspecified atom stereocenters. The van der Waals surface area contributed by atoms with Gasteiger partial charge in [-0.15, -0.1) is 0 Å². The summed E-state index contributed by atoms with van der Waals surface area (Å²) in [6, 6.07) is 0. The predicted molar refractivity (Wildman–Crippen MR) is 76.3 cm³/mol. The lowest BCUT2D eigenvalue weighted by Gasteiger charge is -2.06. The SMILES string of the molecule is CCCCCCCCCCCCC(C)CN=O. The fourth-order valence-corrected chi connectivity index (χ4v) is 2.20. The van der Waals surface area contributed by atoms with Gasteiger partial charge in [0.25, 0.3) is 0 Å². The first-order chi connectivity index (χ1) is 8.31. The highest BCUT2D eigenvalue weighted by atomic mass is 16.3. The van der Waals surface area contributed by atoms with Crippen LogP contribution < -0.4 is 0 Å². The molecular weight excluding hydrogens is 210 g/mol. The van der Waals surface area contributed by atoms with Gasteiger partial charge in [0.15, 0.2) is 0 Å².